The lowest BCUT2D eigenvalue weighted by atomic mass is 10.0. The molecular weight excluding hydrogens is 260 g/mol. The fourth-order valence-corrected chi connectivity index (χ4v) is 2.06. The van der Waals surface area contributed by atoms with Gasteiger partial charge in [0, 0.05) is 12.2 Å². The van der Waals surface area contributed by atoms with Gasteiger partial charge < -0.3 is 20.8 Å². The average Bonchev–Trinajstić information content (AvgIpc) is 3.19. The first-order valence-corrected chi connectivity index (χ1v) is 6.57. The number of carboxylic acids is 1. The van der Waals surface area contributed by atoms with Gasteiger partial charge in [0.2, 0.25) is 0 Å². The molecule has 0 heterocycles. The summed E-state index contributed by atoms with van der Waals surface area (Å²) in [7, 11) is 0. The normalized spacial score (nSPS) is 15.4. The van der Waals surface area contributed by atoms with E-state index < -0.39 is 5.97 Å². The van der Waals surface area contributed by atoms with Crippen LogP contribution in [-0.2, 0) is 0 Å². The largest absolute Gasteiger partial charge is 0.507 e. The third-order valence-corrected chi connectivity index (χ3v) is 3.82. The Morgan fingerprint density at radius 3 is 2.60 bits per heavy atom. The summed E-state index contributed by atoms with van der Waals surface area (Å²) in [6.07, 6.45) is 3.30. The van der Waals surface area contributed by atoms with Crippen molar-refractivity contribution in [1.82, 2.24) is 5.32 Å². The number of aromatic carboxylic acids is 1. The van der Waals surface area contributed by atoms with Crippen molar-refractivity contribution in [1.29, 1.82) is 0 Å². The Kier molecular flexibility index (Phi) is 3.83. The lowest BCUT2D eigenvalue weighted by molar-refractivity contribution is 0.0693. The Balaban J connectivity index is 1.94. The number of urea groups is 1. The number of anilines is 1. The van der Waals surface area contributed by atoms with Crippen LogP contribution in [0.2, 0.25) is 0 Å². The highest BCUT2D eigenvalue weighted by molar-refractivity contribution is 5.95. The summed E-state index contributed by atoms with van der Waals surface area (Å²) in [5.74, 6) is -1.57. The van der Waals surface area contributed by atoms with E-state index in [0.29, 0.717) is 12.2 Å². The molecule has 2 rings (SSSR count). The molecule has 1 aromatic carbocycles. The van der Waals surface area contributed by atoms with Crippen LogP contribution in [0.3, 0.4) is 0 Å². The lowest BCUT2D eigenvalue weighted by Crippen LogP contribution is -2.33. The number of nitrogens with one attached hydrogen (secondary N) is 2. The van der Waals surface area contributed by atoms with Gasteiger partial charge in [0.1, 0.15) is 11.3 Å². The Labute approximate surface area is 116 Å². The molecule has 1 aromatic rings. The third-order valence-electron chi connectivity index (χ3n) is 3.82. The van der Waals surface area contributed by atoms with Gasteiger partial charge in [-0.3, -0.25) is 0 Å². The van der Waals surface area contributed by atoms with Crippen LogP contribution < -0.4 is 10.6 Å². The van der Waals surface area contributed by atoms with Crippen molar-refractivity contribution in [3.05, 3.63) is 23.8 Å². The maximum Gasteiger partial charge on any atom is 0.339 e. The highest BCUT2D eigenvalue weighted by Gasteiger charge is 2.40. The van der Waals surface area contributed by atoms with Gasteiger partial charge in [-0.1, -0.05) is 6.92 Å². The molecule has 6 heteroatoms. The summed E-state index contributed by atoms with van der Waals surface area (Å²) < 4.78 is 0. The van der Waals surface area contributed by atoms with Crippen LogP contribution in [0.5, 0.6) is 5.75 Å². The van der Waals surface area contributed by atoms with Crippen LogP contribution in [0.25, 0.3) is 0 Å². The molecule has 20 heavy (non-hydrogen) atoms. The third kappa shape index (κ3) is 3.20. The minimum absolute atomic E-state index is 0.241. The molecule has 0 radical (unpaired) electrons. The highest BCUT2D eigenvalue weighted by atomic mass is 16.4. The number of amides is 2. The van der Waals surface area contributed by atoms with Crippen LogP contribution >= 0.6 is 0 Å². The second kappa shape index (κ2) is 5.40. The maximum absolute atomic E-state index is 11.7. The van der Waals surface area contributed by atoms with Gasteiger partial charge in [-0.25, -0.2) is 9.59 Å². The average molecular weight is 278 g/mol. The molecule has 0 aromatic heterocycles. The Hall–Kier alpha value is -2.24. The second-order valence-electron chi connectivity index (χ2n) is 5.20. The van der Waals surface area contributed by atoms with Gasteiger partial charge in [-0.2, -0.15) is 0 Å². The van der Waals surface area contributed by atoms with E-state index in [4.69, 9.17) is 5.11 Å². The molecular formula is C14H18N2O4. The van der Waals surface area contributed by atoms with Gasteiger partial charge >= 0.3 is 12.0 Å². The van der Waals surface area contributed by atoms with E-state index in [1.807, 2.05) is 0 Å². The molecule has 0 bridgehead atoms. The minimum Gasteiger partial charge on any atom is -0.507 e. The molecule has 1 saturated carbocycles. The van der Waals surface area contributed by atoms with Crippen molar-refractivity contribution in [3.8, 4) is 5.75 Å². The molecule has 0 saturated heterocycles. The van der Waals surface area contributed by atoms with Gasteiger partial charge in [0.15, 0.2) is 0 Å². The van der Waals surface area contributed by atoms with E-state index in [1.54, 1.807) is 0 Å². The molecule has 6 nitrogen and oxygen atoms in total. The van der Waals surface area contributed by atoms with Gasteiger partial charge in [0.05, 0.1) is 0 Å². The monoisotopic (exact) mass is 278 g/mol. The fourth-order valence-electron chi connectivity index (χ4n) is 2.06. The van der Waals surface area contributed by atoms with Gasteiger partial charge in [0.25, 0.3) is 0 Å². The zero-order valence-corrected chi connectivity index (χ0v) is 11.3. The number of carbonyl (C=O) groups excluding carboxylic acids is 1. The maximum atomic E-state index is 11.7. The van der Waals surface area contributed by atoms with Gasteiger partial charge in [-0.05, 0) is 42.9 Å². The van der Waals surface area contributed by atoms with E-state index >= 15 is 0 Å². The molecule has 2 amide bonds. The van der Waals surface area contributed by atoms with Crippen molar-refractivity contribution in [2.75, 3.05) is 11.9 Å². The molecule has 0 spiro atoms. The Morgan fingerprint density at radius 1 is 1.35 bits per heavy atom. The first kappa shape index (κ1) is 14.2. The van der Waals surface area contributed by atoms with E-state index in [9.17, 15) is 14.7 Å². The number of carboxylic acid groups (broad SMARTS) is 1. The number of benzene rings is 1. The van der Waals surface area contributed by atoms with E-state index in [1.165, 1.54) is 18.2 Å². The summed E-state index contributed by atoms with van der Waals surface area (Å²) in [5, 5.41) is 23.6. The van der Waals surface area contributed by atoms with Gasteiger partial charge in [-0.15, -0.1) is 0 Å². The van der Waals surface area contributed by atoms with Crippen molar-refractivity contribution in [2.24, 2.45) is 5.41 Å². The molecule has 1 fully saturated rings. The molecule has 4 N–H and O–H groups in total. The van der Waals surface area contributed by atoms with E-state index in [-0.39, 0.29) is 22.8 Å². The number of rotatable bonds is 5. The second-order valence-corrected chi connectivity index (χ2v) is 5.20. The topological polar surface area (TPSA) is 98.7 Å². The van der Waals surface area contributed by atoms with Crippen LogP contribution in [-0.4, -0.2) is 28.8 Å². The molecule has 0 unspecified atom stereocenters. The fraction of sp³-hybridized carbons (Fsp3) is 0.429. The Bertz CT molecular complexity index is 538. The molecule has 108 valence electrons. The van der Waals surface area contributed by atoms with Crippen molar-refractivity contribution in [2.45, 2.75) is 26.2 Å². The summed E-state index contributed by atoms with van der Waals surface area (Å²) in [6, 6.07) is 3.55. The predicted molar refractivity (Wildman–Crippen MR) is 74.0 cm³/mol. The predicted octanol–water partition coefficient (Wildman–Crippen LogP) is 2.40. The van der Waals surface area contributed by atoms with Crippen LogP contribution in [0.4, 0.5) is 10.5 Å². The number of phenols is 1. The number of hydrogen-bond donors (Lipinski definition) is 4. The highest BCUT2D eigenvalue weighted by Crippen LogP contribution is 2.47. The summed E-state index contributed by atoms with van der Waals surface area (Å²) in [6.45, 7) is 2.73. The lowest BCUT2D eigenvalue weighted by Gasteiger charge is -2.14. The molecule has 0 atom stereocenters. The number of hydrogen-bond acceptors (Lipinski definition) is 3. The zero-order valence-electron chi connectivity index (χ0n) is 11.3. The quantitative estimate of drug-likeness (QED) is 0.621. The SMILES string of the molecule is CCC1(CNC(=O)Nc2ccc(O)c(C(=O)O)c2)CC1. The van der Waals surface area contributed by atoms with Crippen molar-refractivity contribution in [3.63, 3.8) is 0 Å². The Morgan fingerprint density at radius 2 is 2.05 bits per heavy atom. The van der Waals surface area contributed by atoms with E-state index in [0.717, 1.165) is 19.3 Å². The zero-order chi connectivity index (χ0) is 14.8. The molecule has 1 aliphatic rings. The first-order chi connectivity index (χ1) is 9.46. The standard InChI is InChI=1S/C14H18N2O4/c1-2-14(5-6-14)8-15-13(20)16-9-3-4-11(17)10(7-9)12(18)19/h3-4,7,17H,2,5-6,8H2,1H3,(H,18,19)(H2,15,16,20). The summed E-state index contributed by atoms with van der Waals surface area (Å²) in [5.41, 5.74) is 0.340. The molecule has 1 aliphatic carbocycles. The number of aromatic hydroxyl groups is 1. The van der Waals surface area contributed by atoms with Crippen LogP contribution in [0.15, 0.2) is 18.2 Å². The smallest absolute Gasteiger partial charge is 0.339 e. The van der Waals surface area contributed by atoms with Crippen molar-refractivity contribution >= 4 is 17.7 Å². The minimum atomic E-state index is -1.24. The van der Waals surface area contributed by atoms with Crippen molar-refractivity contribution < 1.29 is 19.8 Å². The van der Waals surface area contributed by atoms with E-state index in [2.05, 4.69) is 17.6 Å². The number of carbonyl (C=O) groups is 2. The molecule has 0 aliphatic heterocycles. The van der Waals surface area contributed by atoms with Crippen LogP contribution in [0.1, 0.15) is 36.5 Å². The van der Waals surface area contributed by atoms with Crippen LogP contribution in [0, 0.1) is 5.41 Å². The first-order valence-electron chi connectivity index (χ1n) is 6.57. The summed E-state index contributed by atoms with van der Waals surface area (Å²) >= 11 is 0. The summed E-state index contributed by atoms with van der Waals surface area (Å²) in [4.78, 5) is 22.6.